The average molecular weight is 241 g/mol. The third-order valence-electron chi connectivity index (χ3n) is 2.96. The van der Waals surface area contributed by atoms with E-state index >= 15 is 0 Å². The number of rotatable bonds is 3. The molecular weight excluding hydrogens is 224 g/mol. The topological polar surface area (TPSA) is 25.4 Å². The molecule has 4 heteroatoms. The summed E-state index contributed by atoms with van der Waals surface area (Å²) in [6, 6.07) is 4.53. The molecule has 0 radical (unpaired) electrons. The third kappa shape index (κ3) is 2.47. The lowest BCUT2D eigenvalue weighted by Gasteiger charge is -2.36. The third-order valence-corrected chi connectivity index (χ3v) is 3.27. The van der Waals surface area contributed by atoms with Crippen molar-refractivity contribution in [2.45, 2.75) is 25.3 Å². The molecule has 1 saturated heterocycles. The standard InChI is InChI=1S/C12H17ClN2O/c1-2-11-9-16-6-5-15(11)12-4-3-10(7-13)8-14-12/h3-4,8,11H,2,5-7,9H2,1H3. The number of aromatic nitrogens is 1. The van der Waals surface area contributed by atoms with Gasteiger partial charge in [-0.2, -0.15) is 0 Å². The summed E-state index contributed by atoms with van der Waals surface area (Å²) < 4.78 is 5.48. The van der Waals surface area contributed by atoms with E-state index in [1.165, 1.54) is 0 Å². The summed E-state index contributed by atoms with van der Waals surface area (Å²) >= 11 is 5.75. The highest BCUT2D eigenvalue weighted by Crippen LogP contribution is 2.19. The van der Waals surface area contributed by atoms with Crippen molar-refractivity contribution in [2.75, 3.05) is 24.7 Å². The second-order valence-electron chi connectivity index (χ2n) is 3.99. The van der Waals surface area contributed by atoms with Gasteiger partial charge in [0.25, 0.3) is 0 Å². The fraction of sp³-hybridized carbons (Fsp3) is 0.583. The molecule has 0 bridgehead atoms. The van der Waals surface area contributed by atoms with Crippen molar-refractivity contribution in [3.05, 3.63) is 23.9 Å². The molecule has 0 saturated carbocycles. The van der Waals surface area contributed by atoms with Gasteiger partial charge in [-0.3, -0.25) is 0 Å². The van der Waals surface area contributed by atoms with Crippen molar-refractivity contribution in [3.8, 4) is 0 Å². The first-order chi connectivity index (χ1) is 7.85. The minimum atomic E-state index is 0.447. The van der Waals surface area contributed by atoms with Crippen LogP contribution in [0.3, 0.4) is 0 Å². The summed E-state index contributed by atoms with van der Waals surface area (Å²) in [4.78, 5) is 6.78. The predicted octanol–water partition coefficient (Wildman–Crippen LogP) is 2.44. The number of ether oxygens (including phenoxy) is 1. The summed E-state index contributed by atoms with van der Waals surface area (Å²) in [6.45, 7) is 4.69. The maximum Gasteiger partial charge on any atom is 0.128 e. The Hall–Kier alpha value is -0.800. The van der Waals surface area contributed by atoms with E-state index in [1.807, 2.05) is 18.3 Å². The van der Waals surface area contributed by atoms with Crippen molar-refractivity contribution in [1.82, 2.24) is 4.98 Å². The summed E-state index contributed by atoms with van der Waals surface area (Å²) in [5.74, 6) is 1.55. The number of alkyl halides is 1. The number of hydrogen-bond acceptors (Lipinski definition) is 3. The molecule has 1 unspecified atom stereocenters. The molecule has 0 aromatic carbocycles. The largest absolute Gasteiger partial charge is 0.377 e. The van der Waals surface area contributed by atoms with E-state index in [-0.39, 0.29) is 0 Å². The number of pyridine rings is 1. The van der Waals surface area contributed by atoms with Gasteiger partial charge >= 0.3 is 0 Å². The van der Waals surface area contributed by atoms with Gasteiger partial charge in [0.2, 0.25) is 0 Å². The second kappa shape index (κ2) is 5.51. The minimum absolute atomic E-state index is 0.447. The molecule has 1 aromatic heterocycles. The number of anilines is 1. The molecule has 1 atom stereocenters. The average Bonchev–Trinajstić information content (AvgIpc) is 2.39. The molecule has 1 aromatic rings. The molecule has 0 amide bonds. The fourth-order valence-corrected chi connectivity index (χ4v) is 2.12. The van der Waals surface area contributed by atoms with E-state index in [1.54, 1.807) is 0 Å². The quantitative estimate of drug-likeness (QED) is 0.759. The van der Waals surface area contributed by atoms with E-state index in [0.717, 1.165) is 37.6 Å². The van der Waals surface area contributed by atoms with Crippen LogP contribution in [0.2, 0.25) is 0 Å². The molecular formula is C12H17ClN2O. The first-order valence-corrected chi connectivity index (χ1v) is 6.24. The molecule has 1 fully saturated rings. The van der Waals surface area contributed by atoms with Crippen LogP contribution >= 0.6 is 11.6 Å². The summed E-state index contributed by atoms with van der Waals surface area (Å²) in [5, 5.41) is 0. The Morgan fingerprint density at radius 3 is 3.06 bits per heavy atom. The molecule has 1 aliphatic heterocycles. The zero-order chi connectivity index (χ0) is 11.4. The summed E-state index contributed by atoms with van der Waals surface area (Å²) in [6.07, 6.45) is 2.93. The number of hydrogen-bond donors (Lipinski definition) is 0. The number of nitrogens with zero attached hydrogens (tertiary/aromatic N) is 2. The molecule has 2 rings (SSSR count). The molecule has 0 spiro atoms. The summed E-state index contributed by atoms with van der Waals surface area (Å²) in [5.41, 5.74) is 1.06. The lowest BCUT2D eigenvalue weighted by atomic mass is 10.1. The van der Waals surface area contributed by atoms with Crippen LogP contribution in [0.1, 0.15) is 18.9 Å². The Morgan fingerprint density at radius 2 is 2.44 bits per heavy atom. The van der Waals surface area contributed by atoms with E-state index < -0.39 is 0 Å². The highest BCUT2D eigenvalue weighted by atomic mass is 35.5. The van der Waals surface area contributed by atoms with Crippen molar-refractivity contribution in [3.63, 3.8) is 0 Å². The maximum atomic E-state index is 5.75. The van der Waals surface area contributed by atoms with E-state index in [4.69, 9.17) is 16.3 Å². The van der Waals surface area contributed by atoms with Crippen LogP contribution in [-0.2, 0) is 10.6 Å². The molecule has 1 aliphatic rings. The number of morpholine rings is 1. The van der Waals surface area contributed by atoms with Gasteiger partial charge in [-0.05, 0) is 18.1 Å². The monoisotopic (exact) mass is 240 g/mol. The van der Waals surface area contributed by atoms with Crippen molar-refractivity contribution in [2.24, 2.45) is 0 Å². The first kappa shape index (κ1) is 11.7. The van der Waals surface area contributed by atoms with Crippen LogP contribution < -0.4 is 4.90 Å². The fourth-order valence-electron chi connectivity index (χ4n) is 1.96. The van der Waals surface area contributed by atoms with E-state index in [2.05, 4.69) is 16.8 Å². The lowest BCUT2D eigenvalue weighted by molar-refractivity contribution is 0.0926. The van der Waals surface area contributed by atoms with Gasteiger partial charge in [0, 0.05) is 18.6 Å². The summed E-state index contributed by atoms with van der Waals surface area (Å²) in [7, 11) is 0. The van der Waals surface area contributed by atoms with Crippen LogP contribution in [0.15, 0.2) is 18.3 Å². The van der Waals surface area contributed by atoms with E-state index in [0.29, 0.717) is 11.9 Å². The van der Waals surface area contributed by atoms with Gasteiger partial charge < -0.3 is 9.64 Å². The van der Waals surface area contributed by atoms with Gasteiger partial charge in [0.1, 0.15) is 5.82 Å². The molecule has 0 N–H and O–H groups in total. The zero-order valence-corrected chi connectivity index (χ0v) is 10.3. The maximum absolute atomic E-state index is 5.75. The minimum Gasteiger partial charge on any atom is -0.377 e. The smallest absolute Gasteiger partial charge is 0.128 e. The Balaban J connectivity index is 2.14. The predicted molar refractivity (Wildman–Crippen MR) is 66.0 cm³/mol. The molecule has 88 valence electrons. The Bertz CT molecular complexity index is 328. The van der Waals surface area contributed by atoms with Crippen molar-refractivity contribution in [1.29, 1.82) is 0 Å². The van der Waals surface area contributed by atoms with E-state index in [9.17, 15) is 0 Å². The Morgan fingerprint density at radius 1 is 1.56 bits per heavy atom. The van der Waals surface area contributed by atoms with Crippen LogP contribution in [0.25, 0.3) is 0 Å². The highest BCUT2D eigenvalue weighted by Gasteiger charge is 2.22. The van der Waals surface area contributed by atoms with Crippen LogP contribution in [0, 0.1) is 0 Å². The first-order valence-electron chi connectivity index (χ1n) is 5.70. The van der Waals surface area contributed by atoms with Crippen molar-refractivity contribution >= 4 is 17.4 Å². The Kier molecular flexibility index (Phi) is 4.02. The zero-order valence-electron chi connectivity index (χ0n) is 9.53. The SMILES string of the molecule is CCC1COCCN1c1ccc(CCl)cn1. The Labute approximate surface area is 101 Å². The van der Waals surface area contributed by atoms with Gasteiger partial charge in [-0.15, -0.1) is 11.6 Å². The lowest BCUT2D eigenvalue weighted by Crippen LogP contribution is -2.45. The van der Waals surface area contributed by atoms with Crippen molar-refractivity contribution < 1.29 is 4.74 Å². The molecule has 2 heterocycles. The van der Waals surface area contributed by atoms with Crippen LogP contribution in [0.5, 0.6) is 0 Å². The molecule has 16 heavy (non-hydrogen) atoms. The van der Waals surface area contributed by atoms with Gasteiger partial charge in [-0.25, -0.2) is 4.98 Å². The van der Waals surface area contributed by atoms with Crippen LogP contribution in [-0.4, -0.2) is 30.8 Å². The van der Waals surface area contributed by atoms with Crippen LogP contribution in [0.4, 0.5) is 5.82 Å². The highest BCUT2D eigenvalue weighted by molar-refractivity contribution is 6.17. The van der Waals surface area contributed by atoms with Gasteiger partial charge in [-0.1, -0.05) is 13.0 Å². The normalized spacial score (nSPS) is 21.1. The van der Waals surface area contributed by atoms with Gasteiger partial charge in [0.05, 0.1) is 19.3 Å². The molecule has 0 aliphatic carbocycles. The second-order valence-corrected chi connectivity index (χ2v) is 4.26. The molecule has 3 nitrogen and oxygen atoms in total. The number of halogens is 1. The van der Waals surface area contributed by atoms with Gasteiger partial charge in [0.15, 0.2) is 0 Å².